The van der Waals surface area contributed by atoms with Gasteiger partial charge in [0.05, 0.1) is 26.4 Å². The van der Waals surface area contributed by atoms with Gasteiger partial charge >= 0.3 is 11.9 Å². The van der Waals surface area contributed by atoms with E-state index in [9.17, 15) is 91.3 Å². The van der Waals surface area contributed by atoms with Gasteiger partial charge in [-0.25, -0.2) is 9.59 Å². The monoisotopic (exact) mass is 798 g/mol. The van der Waals surface area contributed by atoms with Crippen molar-refractivity contribution in [2.45, 2.75) is 122 Å². The summed E-state index contributed by atoms with van der Waals surface area (Å²) in [5.74, 6) is -9.10. The van der Waals surface area contributed by atoms with Crippen molar-refractivity contribution in [3.63, 3.8) is 0 Å². The summed E-state index contributed by atoms with van der Waals surface area (Å²) >= 11 is 0. The third-order valence-corrected chi connectivity index (χ3v) is 9.42. The van der Waals surface area contributed by atoms with E-state index >= 15 is 0 Å². The molecule has 0 aliphatic carbocycles. The number of carbonyl (C=O) groups is 2. The highest BCUT2D eigenvalue weighted by Crippen LogP contribution is 2.38. The lowest BCUT2D eigenvalue weighted by Gasteiger charge is -2.44. The van der Waals surface area contributed by atoms with Gasteiger partial charge in [0.25, 0.3) is 0 Å². The highest BCUT2D eigenvalue weighted by atomic mass is 16.8. The van der Waals surface area contributed by atoms with Crippen molar-refractivity contribution < 1.29 is 129 Å². The number of carboxylic acid groups (broad SMARTS) is 2. The SMILES string of the molecule is O=C(O)C(OC[C@H]1O[C@H](O[C@]2(CO)O[C@H](CO)[C@@H](O)[C@@H]2O)[C@H](O)[C@@H](O)[C@@H]1O)C(OC[C@H]1O[C@H](O[C@]2(CO)O[C@H](CO)[C@@H](O)[C@@H]2O)[C@H](O)[C@@H](O)[C@@H]1O)C(=O)O. The molecular weight excluding hydrogens is 752 g/mol. The lowest BCUT2D eigenvalue weighted by atomic mass is 9.98. The maximum atomic E-state index is 12.2. The Balaban J connectivity index is 1.45. The number of rotatable bonds is 17. The van der Waals surface area contributed by atoms with Gasteiger partial charge in [0.15, 0.2) is 24.8 Å². The number of carboxylic acids is 2. The Morgan fingerprint density at radius 3 is 1.09 bits per heavy atom. The predicted octanol–water partition coefficient (Wildman–Crippen LogP) is -10.8. The Hall–Kier alpha value is -1.94. The average Bonchev–Trinajstić information content (AvgIpc) is 3.54. The highest BCUT2D eigenvalue weighted by molar-refractivity contribution is 5.83. The van der Waals surface area contributed by atoms with Crippen molar-refractivity contribution in [2.75, 3.05) is 39.6 Å². The molecule has 4 heterocycles. The first-order valence-corrected chi connectivity index (χ1v) is 16.3. The molecule has 4 aliphatic heterocycles. The first-order valence-electron chi connectivity index (χ1n) is 16.3. The smallest absolute Gasteiger partial charge is 0.336 e. The van der Waals surface area contributed by atoms with E-state index in [4.69, 9.17) is 37.9 Å². The molecule has 0 aromatic rings. The quantitative estimate of drug-likeness (QED) is 0.0649. The van der Waals surface area contributed by atoms with Crippen LogP contribution in [0.25, 0.3) is 0 Å². The lowest BCUT2D eigenvalue weighted by Crippen LogP contribution is -2.63. The van der Waals surface area contributed by atoms with Crippen LogP contribution in [0.2, 0.25) is 0 Å². The van der Waals surface area contributed by atoms with E-state index in [1.807, 2.05) is 0 Å². The van der Waals surface area contributed by atoms with Gasteiger partial charge in [0.1, 0.15) is 98.7 Å². The average molecular weight is 799 g/mol. The van der Waals surface area contributed by atoms with Crippen LogP contribution in [0.5, 0.6) is 0 Å². The summed E-state index contributed by atoms with van der Waals surface area (Å²) < 4.78 is 42.2. The summed E-state index contributed by atoms with van der Waals surface area (Å²) in [6.07, 6.45) is -36.4. The van der Waals surface area contributed by atoms with Crippen LogP contribution in [0.15, 0.2) is 0 Å². The van der Waals surface area contributed by atoms with E-state index < -0.39 is 173 Å². The number of hydrogen-bond acceptors (Lipinski definition) is 24. The molecule has 2 unspecified atom stereocenters. The van der Waals surface area contributed by atoms with Gasteiger partial charge in [-0.1, -0.05) is 0 Å². The van der Waals surface area contributed by atoms with E-state index in [0.29, 0.717) is 0 Å². The number of aliphatic carboxylic acids is 2. The van der Waals surface area contributed by atoms with E-state index in [1.54, 1.807) is 0 Å². The van der Waals surface area contributed by atoms with Gasteiger partial charge in [-0.15, -0.1) is 0 Å². The number of hydrogen-bond donors (Lipinski definition) is 16. The Morgan fingerprint density at radius 2 is 0.833 bits per heavy atom. The van der Waals surface area contributed by atoms with Crippen LogP contribution in [0, 0.1) is 0 Å². The summed E-state index contributed by atoms with van der Waals surface area (Å²) in [7, 11) is 0. The number of ether oxygens (including phenoxy) is 8. The van der Waals surface area contributed by atoms with Crippen molar-refractivity contribution in [3.05, 3.63) is 0 Å². The molecule has 0 bridgehead atoms. The molecule has 4 saturated heterocycles. The molecular formula is C28H46O26. The summed E-state index contributed by atoms with van der Waals surface area (Å²) in [4.78, 5) is 24.4. The molecule has 0 aromatic carbocycles. The minimum atomic E-state index is -2.55. The molecule has 0 spiro atoms. The van der Waals surface area contributed by atoms with Crippen LogP contribution in [0.3, 0.4) is 0 Å². The fraction of sp³-hybridized carbons (Fsp3) is 0.929. The molecule has 0 amide bonds. The molecule has 0 radical (unpaired) electrons. The second-order valence-electron chi connectivity index (χ2n) is 12.9. The summed E-state index contributed by atoms with van der Waals surface area (Å²) in [5, 5.41) is 162. The van der Waals surface area contributed by atoms with Gasteiger partial charge in [0, 0.05) is 0 Å². The summed E-state index contributed by atoms with van der Waals surface area (Å²) in [6, 6.07) is 0. The van der Waals surface area contributed by atoms with Crippen LogP contribution in [0.1, 0.15) is 0 Å². The second-order valence-corrected chi connectivity index (χ2v) is 12.9. The largest absolute Gasteiger partial charge is 0.479 e. The van der Waals surface area contributed by atoms with Gasteiger partial charge in [-0.2, -0.15) is 0 Å². The van der Waals surface area contributed by atoms with Gasteiger partial charge in [-0.05, 0) is 0 Å². The maximum Gasteiger partial charge on any atom is 0.336 e. The van der Waals surface area contributed by atoms with Crippen molar-refractivity contribution in [3.8, 4) is 0 Å². The zero-order valence-corrected chi connectivity index (χ0v) is 27.9. The van der Waals surface area contributed by atoms with Crippen LogP contribution in [0.4, 0.5) is 0 Å². The first-order chi connectivity index (χ1) is 25.3. The minimum Gasteiger partial charge on any atom is -0.479 e. The third-order valence-electron chi connectivity index (χ3n) is 9.42. The topological polar surface area (TPSA) is 432 Å². The normalized spacial score (nSPS) is 46.7. The molecule has 4 rings (SSSR count). The third kappa shape index (κ3) is 8.64. The molecule has 4 fully saturated rings. The van der Waals surface area contributed by atoms with Gasteiger partial charge < -0.3 is 120 Å². The zero-order valence-electron chi connectivity index (χ0n) is 27.9. The summed E-state index contributed by atoms with van der Waals surface area (Å²) in [6.45, 7) is -6.33. The molecule has 4 aliphatic rings. The van der Waals surface area contributed by atoms with Gasteiger partial charge in [-0.3, -0.25) is 0 Å². The number of aliphatic hydroxyl groups excluding tert-OH is 14. The van der Waals surface area contributed by atoms with E-state index in [2.05, 4.69) is 0 Å². The Kier molecular flexibility index (Phi) is 15.0. The molecule has 26 nitrogen and oxygen atoms in total. The predicted molar refractivity (Wildman–Crippen MR) is 158 cm³/mol. The van der Waals surface area contributed by atoms with Crippen molar-refractivity contribution in [1.29, 1.82) is 0 Å². The lowest BCUT2D eigenvalue weighted by molar-refractivity contribution is -0.385. The number of aliphatic hydroxyl groups is 14. The van der Waals surface area contributed by atoms with E-state index in [1.165, 1.54) is 0 Å². The summed E-state index contributed by atoms with van der Waals surface area (Å²) in [5.41, 5.74) is 0. The van der Waals surface area contributed by atoms with E-state index in [0.717, 1.165) is 0 Å². The highest BCUT2D eigenvalue weighted by Gasteiger charge is 2.60. The molecule has 54 heavy (non-hydrogen) atoms. The molecule has 26 heteroatoms. The standard InChI is InChI=1S/C28H46O26/c29-1-7-13(35)21(41)27(5-31,51-7)53-25-17(39)15(37)11(33)9(49-25)3-47-19(23(43)44)20(24(45)46)48-4-10-12(34)16(38)18(40)26(50-10)54-28(6-32)22(42)14(36)8(2-30)52-28/h7-22,25-26,29-42H,1-6H2,(H,43,44)(H,45,46)/t7-,8-,9-,10-,11-,12-,13-,14-,15+,16+,17-,18-,19?,20?,21+,22+,25-,26-,27+,28+/m1/s1. The van der Waals surface area contributed by atoms with Crippen molar-refractivity contribution >= 4 is 11.9 Å². The van der Waals surface area contributed by atoms with Crippen LogP contribution in [-0.4, -0.2) is 255 Å². The fourth-order valence-corrected chi connectivity index (χ4v) is 6.21. The molecule has 0 saturated carbocycles. The fourth-order valence-electron chi connectivity index (χ4n) is 6.21. The van der Waals surface area contributed by atoms with Gasteiger partial charge in [0.2, 0.25) is 11.6 Å². The first kappa shape index (κ1) is 44.8. The molecule has 20 atom stereocenters. The Morgan fingerprint density at radius 1 is 0.500 bits per heavy atom. The minimum absolute atomic E-state index is 0.859. The Bertz CT molecular complexity index is 1150. The molecule has 314 valence electrons. The molecule has 0 aromatic heterocycles. The van der Waals surface area contributed by atoms with Crippen LogP contribution >= 0.6 is 0 Å². The second kappa shape index (κ2) is 18.1. The Labute approximate surface area is 303 Å². The van der Waals surface area contributed by atoms with Crippen molar-refractivity contribution in [1.82, 2.24) is 0 Å². The van der Waals surface area contributed by atoms with Crippen LogP contribution < -0.4 is 0 Å². The van der Waals surface area contributed by atoms with Crippen LogP contribution in [-0.2, 0) is 47.5 Å². The molecule has 16 N–H and O–H groups in total. The maximum absolute atomic E-state index is 12.2. The van der Waals surface area contributed by atoms with Crippen molar-refractivity contribution in [2.24, 2.45) is 0 Å². The zero-order chi connectivity index (χ0) is 40.4. The van der Waals surface area contributed by atoms with E-state index in [-0.39, 0.29) is 0 Å².